The van der Waals surface area contributed by atoms with Gasteiger partial charge in [0.05, 0.1) is 5.16 Å². The fourth-order valence-electron chi connectivity index (χ4n) is 4.01. The Labute approximate surface area is 105 Å². The fourth-order valence-corrected chi connectivity index (χ4v) is 5.12. The predicted octanol–water partition coefficient (Wildman–Crippen LogP) is 5.08. The minimum Gasteiger partial charge on any atom is -0.237 e. The Morgan fingerprint density at radius 1 is 0.765 bits per heavy atom. The molecule has 0 N–H and O–H groups in total. The van der Waals surface area contributed by atoms with Gasteiger partial charge >= 0.3 is 7.68 Å². The Hall–Kier alpha value is -0.100. The summed E-state index contributed by atoms with van der Waals surface area (Å²) < 4.78 is 23.7. The molecule has 0 saturated heterocycles. The summed E-state index contributed by atoms with van der Waals surface area (Å²) in [5, 5.41) is -0.407. The van der Waals surface area contributed by atoms with Gasteiger partial charge in [0.2, 0.25) is 0 Å². The SMILES string of the molecule is CC(C1CCCCC1)(C1CCCCC1)P(=O)=O. The van der Waals surface area contributed by atoms with E-state index >= 15 is 0 Å². The molecule has 0 aromatic rings. The molecular weight excluding hydrogens is 231 g/mol. The summed E-state index contributed by atoms with van der Waals surface area (Å²) in [4.78, 5) is 0. The van der Waals surface area contributed by atoms with E-state index in [-0.39, 0.29) is 0 Å². The molecule has 3 heteroatoms. The topological polar surface area (TPSA) is 34.1 Å². The maximum Gasteiger partial charge on any atom is 0.322 e. The van der Waals surface area contributed by atoms with Crippen molar-refractivity contribution in [2.45, 2.75) is 76.3 Å². The third-order valence-electron chi connectivity index (χ3n) is 5.26. The van der Waals surface area contributed by atoms with Crippen LogP contribution < -0.4 is 0 Å². The highest BCUT2D eigenvalue weighted by Crippen LogP contribution is 2.52. The van der Waals surface area contributed by atoms with Gasteiger partial charge in [-0.1, -0.05) is 38.5 Å². The second kappa shape index (κ2) is 5.69. The average Bonchev–Trinajstić information content (AvgIpc) is 2.39. The molecule has 0 atom stereocenters. The second-order valence-electron chi connectivity index (χ2n) is 6.15. The molecule has 2 nitrogen and oxygen atoms in total. The van der Waals surface area contributed by atoms with Gasteiger partial charge in [-0.25, -0.2) is 9.13 Å². The molecule has 0 bridgehead atoms. The van der Waals surface area contributed by atoms with E-state index in [2.05, 4.69) is 0 Å². The molecule has 2 saturated carbocycles. The molecule has 2 aliphatic rings. The van der Waals surface area contributed by atoms with E-state index in [1.165, 1.54) is 38.5 Å². The highest BCUT2D eigenvalue weighted by atomic mass is 31.1. The summed E-state index contributed by atoms with van der Waals surface area (Å²) in [5.41, 5.74) is 0. The van der Waals surface area contributed by atoms with E-state index in [0.29, 0.717) is 11.8 Å². The van der Waals surface area contributed by atoms with Crippen LogP contribution in [0.3, 0.4) is 0 Å². The molecule has 2 rings (SSSR count). The highest BCUT2D eigenvalue weighted by Gasteiger charge is 2.46. The lowest BCUT2D eigenvalue weighted by atomic mass is 9.70. The van der Waals surface area contributed by atoms with Gasteiger partial charge in [0.25, 0.3) is 0 Å². The van der Waals surface area contributed by atoms with E-state index in [1.54, 1.807) is 0 Å². The van der Waals surface area contributed by atoms with E-state index in [4.69, 9.17) is 0 Å². The van der Waals surface area contributed by atoms with Gasteiger partial charge < -0.3 is 0 Å². The van der Waals surface area contributed by atoms with E-state index < -0.39 is 12.8 Å². The normalized spacial score (nSPS) is 24.8. The van der Waals surface area contributed by atoms with Gasteiger partial charge in [0.1, 0.15) is 0 Å². The third kappa shape index (κ3) is 2.67. The zero-order valence-electron chi connectivity index (χ0n) is 11.0. The Balaban J connectivity index is 2.17. The summed E-state index contributed by atoms with van der Waals surface area (Å²) in [7, 11) is -2.29. The lowest BCUT2D eigenvalue weighted by molar-refractivity contribution is 0.177. The molecule has 0 radical (unpaired) electrons. The molecule has 0 aromatic heterocycles. The zero-order chi connectivity index (χ0) is 12.3. The van der Waals surface area contributed by atoms with Crippen molar-refractivity contribution in [3.63, 3.8) is 0 Å². The van der Waals surface area contributed by atoms with Crippen molar-refractivity contribution < 1.29 is 9.13 Å². The third-order valence-corrected chi connectivity index (χ3v) is 6.77. The number of hydrogen-bond donors (Lipinski definition) is 0. The Morgan fingerprint density at radius 3 is 1.41 bits per heavy atom. The van der Waals surface area contributed by atoms with Crippen LogP contribution >= 0.6 is 7.68 Å². The minimum absolute atomic E-state index is 0.407. The van der Waals surface area contributed by atoms with Crippen molar-refractivity contribution in [1.29, 1.82) is 0 Å². The summed E-state index contributed by atoms with van der Waals surface area (Å²) in [6, 6.07) is 0. The molecule has 2 aliphatic carbocycles. The molecule has 98 valence electrons. The molecule has 0 heterocycles. The van der Waals surface area contributed by atoms with Gasteiger partial charge in [0.15, 0.2) is 0 Å². The van der Waals surface area contributed by atoms with Crippen molar-refractivity contribution in [3.05, 3.63) is 0 Å². The van der Waals surface area contributed by atoms with Crippen LogP contribution in [0.5, 0.6) is 0 Å². The minimum atomic E-state index is -2.29. The van der Waals surface area contributed by atoms with E-state index in [0.717, 1.165) is 25.7 Å². The smallest absolute Gasteiger partial charge is 0.237 e. The van der Waals surface area contributed by atoms with Gasteiger partial charge in [-0.2, -0.15) is 0 Å². The first-order chi connectivity index (χ1) is 8.15. The van der Waals surface area contributed by atoms with Crippen molar-refractivity contribution in [1.82, 2.24) is 0 Å². The quantitative estimate of drug-likeness (QED) is 0.660. The lowest BCUT2D eigenvalue weighted by Crippen LogP contribution is -2.40. The van der Waals surface area contributed by atoms with Crippen molar-refractivity contribution >= 4 is 7.68 Å². The first-order valence-electron chi connectivity index (χ1n) is 7.30. The summed E-state index contributed by atoms with van der Waals surface area (Å²) in [6.45, 7) is 2.05. The van der Waals surface area contributed by atoms with Crippen LogP contribution in [0, 0.1) is 11.8 Å². The van der Waals surface area contributed by atoms with Crippen LogP contribution in [0.15, 0.2) is 0 Å². The van der Waals surface area contributed by atoms with Gasteiger partial charge in [-0.3, -0.25) is 0 Å². The van der Waals surface area contributed by atoms with Crippen molar-refractivity contribution in [2.75, 3.05) is 0 Å². The number of rotatable bonds is 3. The first kappa shape index (κ1) is 13.3. The van der Waals surface area contributed by atoms with Crippen LogP contribution in [-0.4, -0.2) is 5.16 Å². The van der Waals surface area contributed by atoms with Crippen LogP contribution in [0.25, 0.3) is 0 Å². The Kier molecular flexibility index (Phi) is 4.47. The lowest BCUT2D eigenvalue weighted by Gasteiger charge is -2.41. The van der Waals surface area contributed by atoms with Gasteiger partial charge in [-0.15, -0.1) is 0 Å². The van der Waals surface area contributed by atoms with Crippen molar-refractivity contribution in [2.24, 2.45) is 11.8 Å². The molecule has 0 unspecified atom stereocenters. The van der Waals surface area contributed by atoms with Gasteiger partial charge in [-0.05, 0) is 44.4 Å². The zero-order valence-corrected chi connectivity index (χ0v) is 11.9. The molecule has 0 amide bonds. The van der Waals surface area contributed by atoms with E-state index in [9.17, 15) is 9.13 Å². The largest absolute Gasteiger partial charge is 0.322 e. The summed E-state index contributed by atoms with van der Waals surface area (Å²) >= 11 is 0. The predicted molar refractivity (Wildman–Crippen MR) is 69.8 cm³/mol. The summed E-state index contributed by atoms with van der Waals surface area (Å²) in [5.74, 6) is 0.862. The standard InChI is InChI=1S/C14H25O2P/c1-14(17(15)16,12-8-4-2-5-9-12)13-10-6-3-7-11-13/h12-13H,2-11H2,1H3. The monoisotopic (exact) mass is 256 g/mol. The fraction of sp³-hybridized carbons (Fsp3) is 1.00. The highest BCUT2D eigenvalue weighted by molar-refractivity contribution is 7.33. The summed E-state index contributed by atoms with van der Waals surface area (Å²) in [6.07, 6.45) is 12.1. The average molecular weight is 256 g/mol. The molecule has 0 aliphatic heterocycles. The Morgan fingerprint density at radius 2 is 1.12 bits per heavy atom. The molecule has 0 aromatic carbocycles. The maximum atomic E-state index is 11.9. The molecule has 17 heavy (non-hydrogen) atoms. The molecule has 0 spiro atoms. The van der Waals surface area contributed by atoms with Crippen LogP contribution in [0.4, 0.5) is 0 Å². The van der Waals surface area contributed by atoms with Crippen molar-refractivity contribution in [3.8, 4) is 0 Å². The first-order valence-corrected chi connectivity index (χ1v) is 8.48. The maximum absolute atomic E-state index is 11.9. The van der Waals surface area contributed by atoms with Crippen LogP contribution in [0.2, 0.25) is 0 Å². The van der Waals surface area contributed by atoms with Gasteiger partial charge in [0, 0.05) is 0 Å². The Bertz CT molecular complexity index is 284. The van der Waals surface area contributed by atoms with E-state index in [1.807, 2.05) is 6.92 Å². The van der Waals surface area contributed by atoms with Crippen LogP contribution in [-0.2, 0) is 9.13 Å². The van der Waals surface area contributed by atoms with Crippen LogP contribution in [0.1, 0.15) is 71.1 Å². The second-order valence-corrected chi connectivity index (χ2v) is 7.63. The number of hydrogen-bond acceptors (Lipinski definition) is 2. The molecule has 2 fully saturated rings. The molecular formula is C14H25O2P.